The van der Waals surface area contributed by atoms with Gasteiger partial charge in [-0.1, -0.05) is 31.9 Å². The molecule has 0 amide bonds. The standard InChI is InChI=1S/C13H11Br2NO/c14-10-1-3-13(4-2-10)17-8-9-5-11(15)7-12(16)6-9/h1-7H,8,16H2. The quantitative estimate of drug-likeness (QED) is 0.828. The van der Waals surface area contributed by atoms with Crippen molar-refractivity contribution in [3.63, 3.8) is 0 Å². The maximum Gasteiger partial charge on any atom is 0.119 e. The summed E-state index contributed by atoms with van der Waals surface area (Å²) in [5.74, 6) is 0.840. The number of anilines is 1. The van der Waals surface area contributed by atoms with Crippen LogP contribution in [0.4, 0.5) is 5.69 Å². The minimum Gasteiger partial charge on any atom is -0.489 e. The number of benzene rings is 2. The van der Waals surface area contributed by atoms with Crippen molar-refractivity contribution in [2.24, 2.45) is 0 Å². The average Bonchev–Trinajstić information content (AvgIpc) is 2.27. The zero-order chi connectivity index (χ0) is 12.3. The Balaban J connectivity index is 2.04. The first-order chi connectivity index (χ1) is 8.13. The molecule has 0 unspecified atom stereocenters. The summed E-state index contributed by atoms with van der Waals surface area (Å²) in [7, 11) is 0. The fourth-order valence-corrected chi connectivity index (χ4v) is 2.28. The first-order valence-corrected chi connectivity index (χ1v) is 6.65. The van der Waals surface area contributed by atoms with Crippen LogP contribution in [-0.2, 0) is 6.61 Å². The smallest absolute Gasteiger partial charge is 0.119 e. The van der Waals surface area contributed by atoms with E-state index in [9.17, 15) is 0 Å². The van der Waals surface area contributed by atoms with Gasteiger partial charge in [-0.3, -0.25) is 0 Å². The third-order valence-corrected chi connectivity index (χ3v) is 3.19. The fourth-order valence-electron chi connectivity index (χ4n) is 1.46. The third-order valence-electron chi connectivity index (χ3n) is 2.20. The number of hydrogen-bond donors (Lipinski definition) is 1. The maximum absolute atomic E-state index is 5.76. The van der Waals surface area contributed by atoms with Crippen LogP contribution in [0.15, 0.2) is 51.4 Å². The van der Waals surface area contributed by atoms with E-state index in [0.29, 0.717) is 6.61 Å². The average molecular weight is 357 g/mol. The van der Waals surface area contributed by atoms with Crippen LogP contribution in [0.5, 0.6) is 5.75 Å². The van der Waals surface area contributed by atoms with Crippen molar-refractivity contribution < 1.29 is 4.74 Å². The maximum atomic E-state index is 5.76. The van der Waals surface area contributed by atoms with Crippen LogP contribution in [0.1, 0.15) is 5.56 Å². The Hall–Kier alpha value is -1.00. The predicted molar refractivity (Wildman–Crippen MR) is 77.0 cm³/mol. The Morgan fingerprint density at radius 3 is 2.29 bits per heavy atom. The highest BCUT2D eigenvalue weighted by atomic mass is 79.9. The summed E-state index contributed by atoms with van der Waals surface area (Å²) in [6, 6.07) is 13.5. The lowest BCUT2D eigenvalue weighted by molar-refractivity contribution is 0.306. The number of rotatable bonds is 3. The molecule has 0 saturated carbocycles. The Labute approximate surface area is 117 Å². The molecular weight excluding hydrogens is 346 g/mol. The summed E-state index contributed by atoms with van der Waals surface area (Å²) in [5, 5.41) is 0. The highest BCUT2D eigenvalue weighted by Crippen LogP contribution is 2.20. The summed E-state index contributed by atoms with van der Waals surface area (Å²) in [4.78, 5) is 0. The zero-order valence-corrected chi connectivity index (χ0v) is 12.2. The molecule has 2 rings (SSSR count). The number of nitrogens with two attached hydrogens (primary N) is 1. The number of hydrogen-bond acceptors (Lipinski definition) is 2. The lowest BCUT2D eigenvalue weighted by Crippen LogP contribution is -1.96. The number of nitrogen functional groups attached to an aromatic ring is 1. The normalized spacial score (nSPS) is 10.2. The van der Waals surface area contributed by atoms with Crippen molar-refractivity contribution >= 4 is 37.5 Å². The van der Waals surface area contributed by atoms with E-state index < -0.39 is 0 Å². The molecule has 0 fully saturated rings. The minimum absolute atomic E-state index is 0.505. The molecule has 0 bridgehead atoms. The lowest BCUT2D eigenvalue weighted by atomic mass is 10.2. The molecule has 4 heteroatoms. The van der Waals surface area contributed by atoms with E-state index in [1.165, 1.54) is 0 Å². The van der Waals surface area contributed by atoms with Gasteiger partial charge in [-0.15, -0.1) is 0 Å². The van der Waals surface area contributed by atoms with Crippen LogP contribution < -0.4 is 10.5 Å². The molecule has 2 aromatic carbocycles. The van der Waals surface area contributed by atoms with Crippen LogP contribution in [0.3, 0.4) is 0 Å². The molecule has 0 radical (unpaired) electrons. The van der Waals surface area contributed by atoms with Gasteiger partial charge in [0.25, 0.3) is 0 Å². The molecule has 0 aliphatic carbocycles. The number of ether oxygens (including phenoxy) is 1. The second kappa shape index (κ2) is 5.56. The van der Waals surface area contributed by atoms with E-state index in [4.69, 9.17) is 10.5 Å². The lowest BCUT2D eigenvalue weighted by Gasteiger charge is -2.07. The van der Waals surface area contributed by atoms with E-state index in [1.807, 2.05) is 42.5 Å². The van der Waals surface area contributed by atoms with E-state index >= 15 is 0 Å². The van der Waals surface area contributed by atoms with E-state index in [1.54, 1.807) is 0 Å². The minimum atomic E-state index is 0.505. The predicted octanol–water partition coefficient (Wildman–Crippen LogP) is 4.37. The zero-order valence-electron chi connectivity index (χ0n) is 8.99. The molecule has 17 heavy (non-hydrogen) atoms. The second-order valence-electron chi connectivity index (χ2n) is 3.64. The van der Waals surface area contributed by atoms with Crippen molar-refractivity contribution in [3.05, 3.63) is 57.0 Å². The summed E-state index contributed by atoms with van der Waals surface area (Å²) >= 11 is 6.79. The third kappa shape index (κ3) is 3.75. The van der Waals surface area contributed by atoms with Gasteiger partial charge in [-0.05, 0) is 48.0 Å². The molecule has 0 aliphatic rings. The van der Waals surface area contributed by atoms with Crippen LogP contribution >= 0.6 is 31.9 Å². The van der Waals surface area contributed by atoms with Crippen molar-refractivity contribution in [2.45, 2.75) is 6.61 Å². The Morgan fingerprint density at radius 1 is 0.941 bits per heavy atom. The van der Waals surface area contributed by atoms with Crippen LogP contribution in [0.25, 0.3) is 0 Å². The largest absolute Gasteiger partial charge is 0.489 e. The van der Waals surface area contributed by atoms with Gasteiger partial charge in [0.15, 0.2) is 0 Å². The van der Waals surface area contributed by atoms with Crippen molar-refractivity contribution in [1.82, 2.24) is 0 Å². The molecule has 0 heterocycles. The molecule has 2 N–H and O–H groups in total. The summed E-state index contributed by atoms with van der Waals surface area (Å²) in [6.45, 7) is 0.505. The molecule has 0 aliphatic heterocycles. The van der Waals surface area contributed by atoms with Crippen molar-refractivity contribution in [2.75, 3.05) is 5.73 Å². The van der Waals surface area contributed by atoms with Crippen LogP contribution in [0, 0.1) is 0 Å². The molecule has 2 aromatic rings. The molecule has 0 saturated heterocycles. The highest BCUT2D eigenvalue weighted by molar-refractivity contribution is 9.10. The molecule has 88 valence electrons. The summed E-state index contributed by atoms with van der Waals surface area (Å²) in [6.07, 6.45) is 0. The fraction of sp³-hybridized carbons (Fsp3) is 0.0769. The highest BCUT2D eigenvalue weighted by Gasteiger charge is 1.99. The molecular formula is C13H11Br2NO. The van der Waals surface area contributed by atoms with Crippen molar-refractivity contribution in [1.29, 1.82) is 0 Å². The molecule has 2 nitrogen and oxygen atoms in total. The topological polar surface area (TPSA) is 35.2 Å². The summed E-state index contributed by atoms with van der Waals surface area (Å²) in [5.41, 5.74) is 7.53. The van der Waals surface area contributed by atoms with Crippen molar-refractivity contribution in [3.8, 4) is 5.75 Å². The van der Waals surface area contributed by atoms with Crippen LogP contribution in [-0.4, -0.2) is 0 Å². The summed E-state index contributed by atoms with van der Waals surface area (Å²) < 4.78 is 7.66. The van der Waals surface area contributed by atoms with Gasteiger partial charge >= 0.3 is 0 Å². The SMILES string of the molecule is Nc1cc(Br)cc(COc2ccc(Br)cc2)c1. The van der Waals surface area contributed by atoms with Gasteiger partial charge in [0, 0.05) is 14.6 Å². The van der Waals surface area contributed by atoms with Gasteiger partial charge in [0.2, 0.25) is 0 Å². The van der Waals surface area contributed by atoms with E-state index in [-0.39, 0.29) is 0 Å². The Kier molecular flexibility index (Phi) is 4.07. The first kappa shape index (κ1) is 12.5. The van der Waals surface area contributed by atoms with Gasteiger partial charge < -0.3 is 10.5 Å². The molecule has 0 atom stereocenters. The Bertz CT molecular complexity index is 491. The van der Waals surface area contributed by atoms with E-state index in [0.717, 1.165) is 25.9 Å². The Morgan fingerprint density at radius 2 is 1.65 bits per heavy atom. The van der Waals surface area contributed by atoms with Crippen LogP contribution in [0.2, 0.25) is 0 Å². The monoisotopic (exact) mass is 355 g/mol. The molecule has 0 aromatic heterocycles. The molecule has 0 spiro atoms. The van der Waals surface area contributed by atoms with Gasteiger partial charge in [-0.25, -0.2) is 0 Å². The number of halogens is 2. The first-order valence-electron chi connectivity index (χ1n) is 5.07. The van der Waals surface area contributed by atoms with Gasteiger partial charge in [0.1, 0.15) is 12.4 Å². The van der Waals surface area contributed by atoms with Gasteiger partial charge in [0.05, 0.1) is 0 Å². The van der Waals surface area contributed by atoms with Gasteiger partial charge in [-0.2, -0.15) is 0 Å². The van der Waals surface area contributed by atoms with E-state index in [2.05, 4.69) is 31.9 Å². The second-order valence-corrected chi connectivity index (χ2v) is 5.47.